The van der Waals surface area contributed by atoms with Crippen molar-refractivity contribution in [2.24, 2.45) is 4.99 Å². The summed E-state index contributed by atoms with van der Waals surface area (Å²) in [5, 5.41) is 7.45. The second-order valence-electron chi connectivity index (χ2n) is 9.28. The van der Waals surface area contributed by atoms with E-state index in [9.17, 15) is 4.79 Å². The Morgan fingerprint density at radius 3 is 2.30 bits per heavy atom. The van der Waals surface area contributed by atoms with Crippen LogP contribution in [0.3, 0.4) is 0 Å². The van der Waals surface area contributed by atoms with Crippen molar-refractivity contribution in [1.82, 2.24) is 14.9 Å². The second kappa shape index (κ2) is 10.6. The Balaban J connectivity index is 1.33. The van der Waals surface area contributed by atoms with E-state index in [0.717, 1.165) is 34.7 Å². The number of hydrogen-bond acceptors (Lipinski definition) is 2. The maximum absolute atomic E-state index is 13.2. The summed E-state index contributed by atoms with van der Waals surface area (Å²) in [4.78, 5) is 21.2. The van der Waals surface area contributed by atoms with Crippen LogP contribution in [0.5, 0.6) is 0 Å². The first-order valence-electron chi connectivity index (χ1n) is 12.5. The van der Waals surface area contributed by atoms with Crippen LogP contribution in [0.15, 0.2) is 96.1 Å². The summed E-state index contributed by atoms with van der Waals surface area (Å²) in [6.07, 6.45) is 2.78. The van der Waals surface area contributed by atoms with Gasteiger partial charge in [0.1, 0.15) is 0 Å². The monoisotopic (exact) mass is 489 g/mol. The van der Waals surface area contributed by atoms with Crippen LogP contribution in [0.4, 0.5) is 5.69 Å². The van der Waals surface area contributed by atoms with Crippen LogP contribution >= 0.6 is 0 Å². The highest BCUT2D eigenvalue weighted by atomic mass is 16.1. The zero-order valence-corrected chi connectivity index (χ0v) is 21.4. The summed E-state index contributed by atoms with van der Waals surface area (Å²) >= 11 is 0. The van der Waals surface area contributed by atoms with Crippen molar-refractivity contribution >= 4 is 28.5 Å². The third-order valence-electron chi connectivity index (χ3n) is 6.53. The molecule has 6 heteroatoms. The number of aromatic nitrogens is 2. The van der Waals surface area contributed by atoms with Gasteiger partial charge in [-0.15, -0.1) is 0 Å². The van der Waals surface area contributed by atoms with Crippen LogP contribution in [-0.2, 0) is 6.42 Å². The molecule has 0 unspecified atom stereocenters. The van der Waals surface area contributed by atoms with Crippen molar-refractivity contribution in [3.05, 3.63) is 119 Å². The largest absolute Gasteiger partial charge is 0.361 e. The standard InChI is InChI=1S/C31H31N5O/c1-21-8-14-26(15-9-21)34-31(32-19-18-25-20-33-29-7-5-4-6-28(25)29)35-30(37)24-12-16-27(17-13-24)36-22(2)10-11-23(36)3/h4-17,20,33H,18-19H2,1-3H3,(H2,32,34,35,37). The highest BCUT2D eigenvalue weighted by molar-refractivity contribution is 6.10. The van der Waals surface area contributed by atoms with E-state index in [1.807, 2.05) is 73.8 Å². The molecule has 5 aromatic rings. The molecule has 2 aromatic heterocycles. The fourth-order valence-electron chi connectivity index (χ4n) is 4.53. The molecule has 6 nitrogen and oxygen atoms in total. The van der Waals surface area contributed by atoms with Gasteiger partial charge < -0.3 is 14.9 Å². The van der Waals surface area contributed by atoms with E-state index in [4.69, 9.17) is 4.99 Å². The first kappa shape index (κ1) is 24.1. The summed E-state index contributed by atoms with van der Waals surface area (Å²) in [5.74, 6) is 0.216. The third kappa shape index (κ3) is 5.48. The van der Waals surface area contributed by atoms with Crippen LogP contribution in [-0.4, -0.2) is 28.0 Å². The molecule has 2 heterocycles. The molecule has 0 saturated heterocycles. The normalized spacial score (nSPS) is 11.6. The summed E-state index contributed by atoms with van der Waals surface area (Å²) < 4.78 is 2.16. The van der Waals surface area contributed by atoms with Gasteiger partial charge in [0.25, 0.3) is 5.91 Å². The molecule has 0 radical (unpaired) electrons. The third-order valence-corrected chi connectivity index (χ3v) is 6.53. The highest BCUT2D eigenvalue weighted by Crippen LogP contribution is 2.19. The van der Waals surface area contributed by atoms with E-state index < -0.39 is 0 Å². The molecule has 0 atom stereocenters. The SMILES string of the molecule is Cc1ccc(NC(=NCCc2c[nH]c3ccccc23)NC(=O)c2ccc(-n3c(C)ccc3C)cc2)cc1. The number of para-hydroxylation sites is 1. The summed E-state index contributed by atoms with van der Waals surface area (Å²) in [6.45, 7) is 6.72. The predicted molar refractivity (Wildman–Crippen MR) is 152 cm³/mol. The number of aryl methyl sites for hydroxylation is 3. The number of hydrogen-bond donors (Lipinski definition) is 3. The number of H-pyrrole nitrogens is 1. The molecule has 37 heavy (non-hydrogen) atoms. The summed E-state index contributed by atoms with van der Waals surface area (Å²) in [7, 11) is 0. The zero-order chi connectivity index (χ0) is 25.8. The van der Waals surface area contributed by atoms with E-state index in [2.05, 4.69) is 58.3 Å². The Morgan fingerprint density at radius 2 is 1.57 bits per heavy atom. The highest BCUT2D eigenvalue weighted by Gasteiger charge is 2.11. The smallest absolute Gasteiger partial charge is 0.257 e. The Hall–Kier alpha value is -4.58. The van der Waals surface area contributed by atoms with Gasteiger partial charge in [0.2, 0.25) is 5.96 Å². The topological polar surface area (TPSA) is 74.2 Å². The lowest BCUT2D eigenvalue weighted by Crippen LogP contribution is -2.36. The molecular weight excluding hydrogens is 458 g/mol. The number of guanidine groups is 1. The number of nitrogens with zero attached hydrogens (tertiary/aromatic N) is 2. The average molecular weight is 490 g/mol. The van der Waals surface area contributed by atoms with Crippen LogP contribution < -0.4 is 10.6 Å². The number of fused-ring (bicyclic) bond motifs is 1. The van der Waals surface area contributed by atoms with Crippen LogP contribution in [0.2, 0.25) is 0 Å². The second-order valence-corrected chi connectivity index (χ2v) is 9.28. The molecule has 5 rings (SSSR count). The summed E-state index contributed by atoms with van der Waals surface area (Å²) in [6, 6.07) is 28.1. The van der Waals surface area contributed by atoms with E-state index in [0.29, 0.717) is 18.1 Å². The summed E-state index contributed by atoms with van der Waals surface area (Å²) in [5.41, 5.74) is 8.26. The quantitative estimate of drug-likeness (QED) is 0.193. The molecule has 0 aliphatic rings. The maximum Gasteiger partial charge on any atom is 0.257 e. The number of carbonyl (C=O) groups is 1. The Kier molecular flexibility index (Phi) is 6.90. The van der Waals surface area contributed by atoms with Crippen molar-refractivity contribution in [1.29, 1.82) is 0 Å². The minimum Gasteiger partial charge on any atom is -0.361 e. The maximum atomic E-state index is 13.2. The number of benzene rings is 3. The lowest BCUT2D eigenvalue weighted by atomic mass is 10.1. The number of carbonyl (C=O) groups excluding carboxylic acids is 1. The van der Waals surface area contributed by atoms with Gasteiger partial charge in [-0.3, -0.25) is 15.1 Å². The van der Waals surface area contributed by atoms with Crippen LogP contribution in [0.25, 0.3) is 16.6 Å². The number of aliphatic imine (C=N–C) groups is 1. The average Bonchev–Trinajstić information content (AvgIpc) is 3.47. The first-order valence-corrected chi connectivity index (χ1v) is 12.5. The Labute approximate surface area is 217 Å². The molecule has 0 saturated carbocycles. The molecule has 0 spiro atoms. The van der Waals surface area contributed by atoms with Gasteiger partial charge in [-0.25, -0.2) is 0 Å². The molecular formula is C31H31N5O. The first-order chi connectivity index (χ1) is 18.0. The van der Waals surface area contributed by atoms with Gasteiger partial charge in [0.15, 0.2) is 0 Å². The van der Waals surface area contributed by atoms with E-state index >= 15 is 0 Å². The number of amides is 1. The Bertz CT molecular complexity index is 1540. The van der Waals surface area contributed by atoms with Crippen molar-refractivity contribution < 1.29 is 4.79 Å². The van der Waals surface area contributed by atoms with E-state index in [1.54, 1.807) is 0 Å². The minimum atomic E-state index is -0.210. The van der Waals surface area contributed by atoms with Gasteiger partial charge in [0, 0.05) is 52.0 Å². The number of rotatable bonds is 6. The van der Waals surface area contributed by atoms with Gasteiger partial charge in [-0.2, -0.15) is 0 Å². The zero-order valence-electron chi connectivity index (χ0n) is 21.4. The predicted octanol–water partition coefficient (Wildman–Crippen LogP) is 6.32. The van der Waals surface area contributed by atoms with Gasteiger partial charge >= 0.3 is 0 Å². The Morgan fingerprint density at radius 1 is 0.865 bits per heavy atom. The minimum absolute atomic E-state index is 0.210. The fourth-order valence-corrected chi connectivity index (χ4v) is 4.53. The van der Waals surface area contributed by atoms with E-state index in [-0.39, 0.29) is 5.91 Å². The van der Waals surface area contributed by atoms with Gasteiger partial charge in [-0.1, -0.05) is 35.9 Å². The molecule has 0 bridgehead atoms. The molecule has 0 aliphatic carbocycles. The van der Waals surface area contributed by atoms with Crippen LogP contribution in [0, 0.1) is 20.8 Å². The molecule has 3 aromatic carbocycles. The van der Waals surface area contributed by atoms with Gasteiger partial charge in [-0.05, 0) is 87.4 Å². The van der Waals surface area contributed by atoms with Crippen molar-refractivity contribution in [2.45, 2.75) is 27.2 Å². The molecule has 1 amide bonds. The molecule has 3 N–H and O–H groups in total. The lowest BCUT2D eigenvalue weighted by Gasteiger charge is -2.13. The molecule has 0 aliphatic heterocycles. The number of anilines is 1. The number of nitrogens with one attached hydrogen (secondary N) is 3. The van der Waals surface area contributed by atoms with Crippen molar-refractivity contribution in [3.8, 4) is 5.69 Å². The van der Waals surface area contributed by atoms with Crippen molar-refractivity contribution in [2.75, 3.05) is 11.9 Å². The number of aromatic amines is 1. The molecule has 186 valence electrons. The lowest BCUT2D eigenvalue weighted by molar-refractivity contribution is 0.0977. The molecule has 0 fully saturated rings. The van der Waals surface area contributed by atoms with Crippen LogP contribution in [0.1, 0.15) is 32.9 Å². The van der Waals surface area contributed by atoms with E-state index in [1.165, 1.54) is 16.5 Å². The van der Waals surface area contributed by atoms with Gasteiger partial charge in [0.05, 0.1) is 0 Å². The van der Waals surface area contributed by atoms with Crippen molar-refractivity contribution in [3.63, 3.8) is 0 Å². The fraction of sp³-hybridized carbons (Fsp3) is 0.161.